The van der Waals surface area contributed by atoms with E-state index in [2.05, 4.69) is 26.6 Å². The van der Waals surface area contributed by atoms with E-state index in [1.165, 1.54) is 0 Å². The average molecular weight is 459 g/mol. The van der Waals surface area contributed by atoms with Gasteiger partial charge in [0.15, 0.2) is 0 Å². The minimum absolute atomic E-state index is 0.170. The maximum Gasteiger partial charge on any atom is 0.338 e. The summed E-state index contributed by atoms with van der Waals surface area (Å²) < 4.78 is 11.3. The Kier molecular flexibility index (Phi) is 6.66. The van der Waals surface area contributed by atoms with Crippen molar-refractivity contribution in [3.05, 3.63) is 81.5 Å². The van der Waals surface area contributed by atoms with Crippen molar-refractivity contribution in [3.8, 4) is 0 Å². The molecule has 0 saturated carbocycles. The molecule has 0 bridgehead atoms. The van der Waals surface area contributed by atoms with Gasteiger partial charge >= 0.3 is 18.0 Å². The average Bonchev–Trinajstić information content (AvgIpc) is 2.72. The van der Waals surface area contributed by atoms with Crippen molar-refractivity contribution < 1.29 is 23.9 Å². The fourth-order valence-corrected chi connectivity index (χ4v) is 3.31. The molecule has 0 saturated heterocycles. The molecule has 1 aliphatic heterocycles. The number of urea groups is 1. The van der Waals surface area contributed by atoms with Crippen LogP contribution in [-0.4, -0.2) is 31.2 Å². The summed E-state index contributed by atoms with van der Waals surface area (Å²) in [5.74, 6) is -1.17. The number of esters is 2. The van der Waals surface area contributed by atoms with Gasteiger partial charge in [-0.2, -0.15) is 0 Å². The maximum atomic E-state index is 12.6. The minimum Gasteiger partial charge on any atom is -0.463 e. The van der Waals surface area contributed by atoms with Crippen molar-refractivity contribution in [3.63, 3.8) is 0 Å². The second kappa shape index (κ2) is 9.38. The van der Waals surface area contributed by atoms with Gasteiger partial charge in [0.2, 0.25) is 0 Å². The highest BCUT2D eigenvalue weighted by Crippen LogP contribution is 2.28. The van der Waals surface area contributed by atoms with E-state index in [1.807, 2.05) is 6.07 Å². The van der Waals surface area contributed by atoms with Crippen LogP contribution in [0.4, 0.5) is 4.79 Å². The predicted octanol–water partition coefficient (Wildman–Crippen LogP) is 3.48. The van der Waals surface area contributed by atoms with Crippen LogP contribution in [0, 0.1) is 0 Å². The number of benzene rings is 2. The van der Waals surface area contributed by atoms with E-state index in [0.29, 0.717) is 11.1 Å². The van der Waals surface area contributed by atoms with Gasteiger partial charge in [-0.05, 0) is 30.7 Å². The number of hydrogen-bond donors (Lipinski definition) is 2. The first-order valence-corrected chi connectivity index (χ1v) is 9.74. The van der Waals surface area contributed by atoms with Gasteiger partial charge in [0.05, 0.1) is 29.5 Å². The molecule has 0 aliphatic carbocycles. The van der Waals surface area contributed by atoms with Crippen molar-refractivity contribution in [2.45, 2.75) is 13.0 Å². The molecule has 1 aliphatic rings. The Balaban J connectivity index is 1.91. The van der Waals surface area contributed by atoms with Crippen LogP contribution in [0.15, 0.2) is 70.3 Å². The lowest BCUT2D eigenvalue weighted by molar-refractivity contribution is -0.139. The minimum atomic E-state index is -0.719. The van der Waals surface area contributed by atoms with Gasteiger partial charge in [-0.15, -0.1) is 0 Å². The number of carbonyl (C=O) groups excluding carboxylic acids is 3. The number of amides is 2. The molecule has 2 N–H and O–H groups in total. The van der Waals surface area contributed by atoms with Gasteiger partial charge in [0.25, 0.3) is 0 Å². The highest BCUT2D eigenvalue weighted by Gasteiger charge is 2.34. The molecule has 0 aromatic heterocycles. The Morgan fingerprint density at radius 3 is 2.48 bits per heavy atom. The molecule has 1 atom stereocenters. The lowest BCUT2D eigenvalue weighted by Crippen LogP contribution is -2.47. The van der Waals surface area contributed by atoms with Crippen LogP contribution in [0.25, 0.3) is 0 Å². The van der Waals surface area contributed by atoms with Crippen molar-refractivity contribution in [2.24, 2.45) is 0 Å². The van der Waals surface area contributed by atoms with Crippen LogP contribution in [0.3, 0.4) is 0 Å². The van der Waals surface area contributed by atoms with Crippen LogP contribution in [0.5, 0.6) is 0 Å². The lowest BCUT2D eigenvalue weighted by atomic mass is 9.95. The Bertz CT molecular complexity index is 959. The quantitative estimate of drug-likeness (QED) is 0.646. The number of halogens is 1. The van der Waals surface area contributed by atoms with Crippen molar-refractivity contribution in [1.82, 2.24) is 10.6 Å². The third-order valence-corrected chi connectivity index (χ3v) is 4.68. The molecular formula is C21H19BrN2O5. The molecule has 1 heterocycles. The monoisotopic (exact) mass is 458 g/mol. The third-order valence-electron chi connectivity index (χ3n) is 4.19. The molecule has 0 fully saturated rings. The molecule has 2 amide bonds. The zero-order valence-electron chi connectivity index (χ0n) is 15.6. The van der Waals surface area contributed by atoms with E-state index in [4.69, 9.17) is 9.47 Å². The van der Waals surface area contributed by atoms with Gasteiger partial charge in [0.1, 0.15) is 6.61 Å². The maximum absolute atomic E-state index is 12.6. The van der Waals surface area contributed by atoms with E-state index < -0.39 is 24.0 Å². The number of nitrogens with one attached hydrogen (secondary N) is 2. The van der Waals surface area contributed by atoms with Gasteiger partial charge in [0, 0.05) is 4.47 Å². The summed E-state index contributed by atoms with van der Waals surface area (Å²) in [4.78, 5) is 37.2. The molecule has 0 spiro atoms. The van der Waals surface area contributed by atoms with E-state index in [0.717, 1.165) is 4.47 Å². The largest absolute Gasteiger partial charge is 0.463 e. The Hall–Kier alpha value is -3.13. The molecule has 2 aromatic rings. The zero-order valence-corrected chi connectivity index (χ0v) is 17.2. The highest BCUT2D eigenvalue weighted by molar-refractivity contribution is 9.10. The van der Waals surface area contributed by atoms with Crippen LogP contribution in [0.2, 0.25) is 0 Å². The van der Waals surface area contributed by atoms with Gasteiger partial charge in [-0.3, -0.25) is 0 Å². The van der Waals surface area contributed by atoms with E-state index in [-0.39, 0.29) is 24.5 Å². The Morgan fingerprint density at radius 2 is 1.79 bits per heavy atom. The van der Waals surface area contributed by atoms with Gasteiger partial charge < -0.3 is 20.1 Å². The summed E-state index contributed by atoms with van der Waals surface area (Å²) in [6.45, 7) is 1.58. The molecule has 1 unspecified atom stereocenters. The molecule has 7 nitrogen and oxygen atoms in total. The second-order valence-electron chi connectivity index (χ2n) is 6.14. The summed E-state index contributed by atoms with van der Waals surface area (Å²) >= 11 is 3.30. The van der Waals surface area contributed by atoms with E-state index >= 15 is 0 Å². The summed E-state index contributed by atoms with van der Waals surface area (Å²) in [5, 5.41) is 5.29. The van der Waals surface area contributed by atoms with E-state index in [1.54, 1.807) is 55.5 Å². The number of carbonyl (C=O) groups is 3. The fourth-order valence-electron chi connectivity index (χ4n) is 2.91. The van der Waals surface area contributed by atoms with Crippen LogP contribution in [-0.2, 0) is 14.3 Å². The SMILES string of the molecule is CCOC(=O)C1=C(COC(=O)c2cccc(Br)c2)NC(=O)NC1c1ccccc1. The first-order valence-electron chi connectivity index (χ1n) is 8.95. The number of rotatable bonds is 6. The lowest BCUT2D eigenvalue weighted by Gasteiger charge is -2.29. The normalized spacial score (nSPS) is 15.9. The number of ether oxygens (including phenoxy) is 2. The molecule has 0 radical (unpaired) electrons. The van der Waals surface area contributed by atoms with Gasteiger partial charge in [-0.1, -0.05) is 52.3 Å². The molecule has 3 rings (SSSR count). The Labute approximate surface area is 176 Å². The summed E-state index contributed by atoms with van der Waals surface area (Å²) in [6, 6.07) is 14.5. The second-order valence-corrected chi connectivity index (χ2v) is 7.06. The first-order chi connectivity index (χ1) is 14.0. The molecule has 8 heteroatoms. The Morgan fingerprint density at radius 1 is 1.03 bits per heavy atom. The van der Waals surface area contributed by atoms with Crippen molar-refractivity contribution in [2.75, 3.05) is 13.2 Å². The standard InChI is InChI=1S/C21H19BrN2O5/c1-2-28-20(26)17-16(12-29-19(25)14-9-6-10-15(22)11-14)23-21(27)24-18(17)13-7-4-3-5-8-13/h3-11,18H,2,12H2,1H3,(H2,23,24,27). The highest BCUT2D eigenvalue weighted by atomic mass is 79.9. The number of hydrogen-bond acceptors (Lipinski definition) is 5. The van der Waals surface area contributed by atoms with Gasteiger partial charge in [-0.25, -0.2) is 14.4 Å². The molecule has 29 heavy (non-hydrogen) atoms. The predicted molar refractivity (Wildman–Crippen MR) is 109 cm³/mol. The zero-order chi connectivity index (χ0) is 20.8. The molecular weight excluding hydrogens is 440 g/mol. The van der Waals surface area contributed by atoms with Crippen molar-refractivity contribution in [1.29, 1.82) is 0 Å². The van der Waals surface area contributed by atoms with Crippen LogP contribution >= 0.6 is 15.9 Å². The summed E-state index contributed by atoms with van der Waals surface area (Å²) in [6.07, 6.45) is 0. The molecule has 2 aromatic carbocycles. The van der Waals surface area contributed by atoms with Crippen LogP contribution in [0.1, 0.15) is 28.9 Å². The summed E-state index contributed by atoms with van der Waals surface area (Å²) in [7, 11) is 0. The van der Waals surface area contributed by atoms with E-state index in [9.17, 15) is 14.4 Å². The smallest absolute Gasteiger partial charge is 0.338 e. The first kappa shape index (κ1) is 20.6. The van der Waals surface area contributed by atoms with Crippen LogP contribution < -0.4 is 10.6 Å². The molecule has 150 valence electrons. The third kappa shape index (κ3) is 5.03. The fraction of sp³-hybridized carbons (Fsp3) is 0.190. The topological polar surface area (TPSA) is 93.7 Å². The van der Waals surface area contributed by atoms with Crippen molar-refractivity contribution >= 4 is 33.9 Å². The summed E-state index contributed by atoms with van der Waals surface area (Å²) in [5.41, 5.74) is 1.43.